The van der Waals surface area contributed by atoms with Crippen LogP contribution in [0.4, 0.5) is 4.79 Å². The molecule has 2 unspecified atom stereocenters. The maximum atomic E-state index is 11.3. The maximum absolute atomic E-state index is 11.3. The zero-order valence-corrected chi connectivity index (χ0v) is 9.27. The van der Waals surface area contributed by atoms with E-state index in [1.807, 2.05) is 0 Å². The summed E-state index contributed by atoms with van der Waals surface area (Å²) in [5.41, 5.74) is 0. The number of aliphatic hydroxyl groups is 1. The second-order valence-corrected chi connectivity index (χ2v) is 3.45. The quantitative estimate of drug-likeness (QED) is 0.466. The number of hydrogen-bond acceptors (Lipinski definition) is 3. The Morgan fingerprint density at radius 1 is 1.44 bits per heavy atom. The van der Waals surface area contributed by atoms with Crippen molar-refractivity contribution in [2.24, 2.45) is 0 Å². The molecule has 0 heterocycles. The Hall–Kier alpha value is -1.56. The molecule has 4 N–H and O–H groups in total. The highest BCUT2D eigenvalue weighted by atomic mass is 16.4. The van der Waals surface area contributed by atoms with E-state index in [9.17, 15) is 9.59 Å². The number of carbonyl (C=O) groups is 2. The van der Waals surface area contributed by atoms with Crippen molar-refractivity contribution in [1.82, 2.24) is 10.6 Å². The summed E-state index contributed by atoms with van der Waals surface area (Å²) in [5.74, 6) is -1.17. The van der Waals surface area contributed by atoms with Gasteiger partial charge in [0.2, 0.25) is 0 Å². The van der Waals surface area contributed by atoms with Gasteiger partial charge in [-0.25, -0.2) is 9.59 Å². The second kappa shape index (κ2) is 7.70. The van der Waals surface area contributed by atoms with Gasteiger partial charge in [-0.1, -0.05) is 6.08 Å². The molecule has 0 spiro atoms. The standard InChI is InChI=1S/C10H18N2O4/c1-3-4-7(2)11-10(16)12-8(5-6-13)9(14)15/h3,7-8,13H,1,4-6H2,2H3,(H,14,15)(H2,11,12,16). The minimum atomic E-state index is -1.17. The highest BCUT2D eigenvalue weighted by Gasteiger charge is 2.19. The number of carboxylic acids is 1. The molecule has 0 aromatic heterocycles. The molecule has 0 saturated carbocycles. The van der Waals surface area contributed by atoms with Crippen molar-refractivity contribution in [3.05, 3.63) is 12.7 Å². The Bertz CT molecular complexity index is 255. The Morgan fingerprint density at radius 3 is 2.50 bits per heavy atom. The summed E-state index contributed by atoms with van der Waals surface area (Å²) in [6.45, 7) is 5.02. The van der Waals surface area contributed by atoms with Gasteiger partial charge in [0.25, 0.3) is 0 Å². The number of nitrogens with one attached hydrogen (secondary N) is 2. The van der Waals surface area contributed by atoms with Gasteiger partial charge in [0.05, 0.1) is 0 Å². The van der Waals surface area contributed by atoms with Gasteiger partial charge in [-0.15, -0.1) is 6.58 Å². The van der Waals surface area contributed by atoms with Crippen molar-refractivity contribution < 1.29 is 19.8 Å². The number of amides is 2. The van der Waals surface area contributed by atoms with E-state index in [4.69, 9.17) is 10.2 Å². The number of carbonyl (C=O) groups excluding carboxylic acids is 1. The predicted octanol–water partition coefficient (Wildman–Crippen LogP) is 0.0858. The van der Waals surface area contributed by atoms with Gasteiger partial charge in [-0.05, 0) is 13.3 Å². The lowest BCUT2D eigenvalue weighted by Gasteiger charge is -2.16. The monoisotopic (exact) mass is 230 g/mol. The number of urea groups is 1. The summed E-state index contributed by atoms with van der Waals surface area (Å²) in [6.07, 6.45) is 2.25. The van der Waals surface area contributed by atoms with Crippen LogP contribution in [0.15, 0.2) is 12.7 Å². The number of aliphatic carboxylic acids is 1. The molecule has 0 aliphatic carbocycles. The zero-order chi connectivity index (χ0) is 12.6. The van der Waals surface area contributed by atoms with Crippen molar-refractivity contribution in [2.75, 3.05) is 6.61 Å². The van der Waals surface area contributed by atoms with E-state index in [0.29, 0.717) is 6.42 Å². The number of aliphatic hydroxyl groups excluding tert-OH is 1. The van der Waals surface area contributed by atoms with Crippen molar-refractivity contribution in [3.8, 4) is 0 Å². The van der Waals surface area contributed by atoms with E-state index >= 15 is 0 Å². The molecule has 0 rings (SSSR count). The van der Waals surface area contributed by atoms with Crippen LogP contribution in [0, 0.1) is 0 Å². The molecular formula is C10H18N2O4. The summed E-state index contributed by atoms with van der Waals surface area (Å²) >= 11 is 0. The molecule has 0 bridgehead atoms. The van der Waals surface area contributed by atoms with Gasteiger partial charge in [-0.2, -0.15) is 0 Å². The molecule has 0 aromatic carbocycles. The van der Waals surface area contributed by atoms with Gasteiger partial charge in [0, 0.05) is 19.1 Å². The fourth-order valence-electron chi connectivity index (χ4n) is 1.12. The molecule has 0 fully saturated rings. The first-order valence-electron chi connectivity index (χ1n) is 5.02. The SMILES string of the molecule is C=CCC(C)NC(=O)NC(CCO)C(=O)O. The fraction of sp³-hybridized carbons (Fsp3) is 0.600. The number of rotatable bonds is 7. The van der Waals surface area contributed by atoms with Gasteiger partial charge < -0.3 is 20.8 Å². The molecule has 2 amide bonds. The zero-order valence-electron chi connectivity index (χ0n) is 9.27. The lowest BCUT2D eigenvalue weighted by molar-refractivity contribution is -0.139. The number of carboxylic acid groups (broad SMARTS) is 1. The van der Waals surface area contributed by atoms with Crippen LogP contribution in [0.3, 0.4) is 0 Å². The molecule has 2 atom stereocenters. The highest BCUT2D eigenvalue weighted by Crippen LogP contribution is 1.93. The van der Waals surface area contributed by atoms with E-state index in [2.05, 4.69) is 17.2 Å². The van der Waals surface area contributed by atoms with Crippen LogP contribution < -0.4 is 10.6 Å². The predicted molar refractivity (Wildman–Crippen MR) is 59.1 cm³/mol. The highest BCUT2D eigenvalue weighted by molar-refractivity contribution is 5.82. The molecule has 92 valence electrons. The molecule has 0 saturated heterocycles. The lowest BCUT2D eigenvalue weighted by atomic mass is 10.2. The normalized spacial score (nSPS) is 13.6. The molecule has 16 heavy (non-hydrogen) atoms. The smallest absolute Gasteiger partial charge is 0.326 e. The molecule has 0 radical (unpaired) electrons. The van der Waals surface area contributed by atoms with Crippen LogP contribution in [0.5, 0.6) is 0 Å². The number of hydrogen-bond donors (Lipinski definition) is 4. The van der Waals surface area contributed by atoms with Gasteiger partial charge >= 0.3 is 12.0 Å². The van der Waals surface area contributed by atoms with E-state index in [0.717, 1.165) is 0 Å². The third-order valence-corrected chi connectivity index (χ3v) is 1.92. The minimum absolute atomic E-state index is 0.0153. The average molecular weight is 230 g/mol. The Morgan fingerprint density at radius 2 is 2.06 bits per heavy atom. The minimum Gasteiger partial charge on any atom is -0.480 e. The van der Waals surface area contributed by atoms with Gasteiger partial charge in [0.1, 0.15) is 6.04 Å². The molecule has 6 heteroatoms. The Kier molecular flexibility index (Phi) is 6.95. The van der Waals surface area contributed by atoms with Crippen LogP contribution in [0.25, 0.3) is 0 Å². The summed E-state index contributed by atoms with van der Waals surface area (Å²) in [4.78, 5) is 22.0. The summed E-state index contributed by atoms with van der Waals surface area (Å²) in [6, 6.07) is -1.74. The van der Waals surface area contributed by atoms with Crippen LogP contribution in [-0.4, -0.2) is 40.9 Å². The molecule has 6 nitrogen and oxygen atoms in total. The average Bonchev–Trinajstić information content (AvgIpc) is 2.16. The topological polar surface area (TPSA) is 98.7 Å². The molecule has 0 aromatic rings. The van der Waals surface area contributed by atoms with E-state index in [-0.39, 0.29) is 19.1 Å². The summed E-state index contributed by atoms with van der Waals surface area (Å²) in [5, 5.41) is 22.2. The molecule has 0 aliphatic heterocycles. The molecular weight excluding hydrogens is 212 g/mol. The fourth-order valence-corrected chi connectivity index (χ4v) is 1.12. The van der Waals surface area contributed by atoms with E-state index in [1.54, 1.807) is 13.0 Å². The van der Waals surface area contributed by atoms with E-state index < -0.39 is 18.0 Å². The van der Waals surface area contributed by atoms with Crippen molar-refractivity contribution in [1.29, 1.82) is 0 Å². The van der Waals surface area contributed by atoms with Crippen LogP contribution in [0.1, 0.15) is 19.8 Å². The largest absolute Gasteiger partial charge is 0.480 e. The Balaban J connectivity index is 4.08. The van der Waals surface area contributed by atoms with Crippen molar-refractivity contribution >= 4 is 12.0 Å². The van der Waals surface area contributed by atoms with Crippen LogP contribution >= 0.6 is 0 Å². The first-order chi connectivity index (χ1) is 7.51. The van der Waals surface area contributed by atoms with Crippen molar-refractivity contribution in [3.63, 3.8) is 0 Å². The summed E-state index contributed by atoms with van der Waals surface area (Å²) in [7, 11) is 0. The molecule has 0 aliphatic rings. The van der Waals surface area contributed by atoms with Gasteiger partial charge in [-0.3, -0.25) is 0 Å². The van der Waals surface area contributed by atoms with E-state index in [1.165, 1.54) is 0 Å². The first kappa shape index (κ1) is 14.4. The summed E-state index contributed by atoms with van der Waals surface area (Å²) < 4.78 is 0. The van der Waals surface area contributed by atoms with Crippen LogP contribution in [0.2, 0.25) is 0 Å². The first-order valence-corrected chi connectivity index (χ1v) is 5.02. The third kappa shape index (κ3) is 6.02. The Labute approximate surface area is 94.3 Å². The van der Waals surface area contributed by atoms with Gasteiger partial charge in [0.15, 0.2) is 0 Å². The maximum Gasteiger partial charge on any atom is 0.326 e. The third-order valence-electron chi connectivity index (χ3n) is 1.92. The van der Waals surface area contributed by atoms with Crippen molar-refractivity contribution in [2.45, 2.75) is 31.8 Å². The second-order valence-electron chi connectivity index (χ2n) is 3.45. The van der Waals surface area contributed by atoms with Crippen LogP contribution in [-0.2, 0) is 4.79 Å². The lowest BCUT2D eigenvalue weighted by Crippen LogP contribution is -2.48.